The summed E-state index contributed by atoms with van der Waals surface area (Å²) in [5.74, 6) is 0.507. The van der Waals surface area contributed by atoms with Crippen LogP contribution in [-0.4, -0.2) is 17.7 Å². The highest BCUT2D eigenvalue weighted by Crippen LogP contribution is 2.39. The molecule has 1 aliphatic heterocycles. The number of fused-ring (bicyclic) bond motifs is 1. The molecule has 0 fully saturated rings. The van der Waals surface area contributed by atoms with Gasteiger partial charge in [0, 0.05) is 31.7 Å². The van der Waals surface area contributed by atoms with Crippen LogP contribution in [0.1, 0.15) is 30.9 Å². The van der Waals surface area contributed by atoms with Crippen molar-refractivity contribution in [3.05, 3.63) is 48.9 Å². The third-order valence-electron chi connectivity index (χ3n) is 4.67. The SMILES string of the molecule is C=c1s/c(=C/c2ccc3c(c2)C(C)C(C)N3C)c(=O)n1C. The van der Waals surface area contributed by atoms with E-state index < -0.39 is 0 Å². The van der Waals surface area contributed by atoms with E-state index in [2.05, 4.69) is 50.6 Å². The van der Waals surface area contributed by atoms with Crippen molar-refractivity contribution in [1.82, 2.24) is 4.57 Å². The zero-order chi connectivity index (χ0) is 15.3. The van der Waals surface area contributed by atoms with Crippen molar-refractivity contribution in [2.75, 3.05) is 11.9 Å². The monoisotopic (exact) mass is 300 g/mol. The first-order valence-electron chi connectivity index (χ1n) is 7.13. The van der Waals surface area contributed by atoms with Crippen molar-refractivity contribution in [1.29, 1.82) is 0 Å². The van der Waals surface area contributed by atoms with Crippen LogP contribution in [0.15, 0.2) is 23.0 Å². The Bertz CT molecular complexity index is 862. The second-order valence-electron chi connectivity index (χ2n) is 5.83. The number of aromatic nitrogens is 1. The molecule has 0 aliphatic carbocycles. The summed E-state index contributed by atoms with van der Waals surface area (Å²) in [7, 11) is 3.90. The van der Waals surface area contributed by atoms with E-state index in [4.69, 9.17) is 0 Å². The number of rotatable bonds is 1. The molecule has 0 saturated heterocycles. The van der Waals surface area contributed by atoms with Crippen LogP contribution in [0, 0.1) is 0 Å². The van der Waals surface area contributed by atoms with E-state index in [0.717, 1.165) is 14.8 Å². The maximum Gasteiger partial charge on any atom is 0.268 e. The molecule has 0 radical (unpaired) electrons. The molecule has 2 atom stereocenters. The third kappa shape index (κ3) is 2.14. The fourth-order valence-electron chi connectivity index (χ4n) is 2.92. The molecule has 2 aromatic rings. The van der Waals surface area contributed by atoms with Gasteiger partial charge in [-0.05, 0) is 36.3 Å². The molecule has 0 spiro atoms. The molecule has 1 aliphatic rings. The zero-order valence-corrected chi connectivity index (χ0v) is 13.7. The van der Waals surface area contributed by atoms with Crippen LogP contribution in [-0.2, 0) is 7.05 Å². The van der Waals surface area contributed by atoms with Gasteiger partial charge < -0.3 is 9.47 Å². The number of nitrogens with zero attached hydrogens (tertiary/aromatic N) is 2. The van der Waals surface area contributed by atoms with Crippen molar-refractivity contribution < 1.29 is 0 Å². The van der Waals surface area contributed by atoms with Gasteiger partial charge >= 0.3 is 0 Å². The quantitative estimate of drug-likeness (QED) is 0.800. The van der Waals surface area contributed by atoms with E-state index in [-0.39, 0.29) is 5.56 Å². The van der Waals surface area contributed by atoms with Gasteiger partial charge in [-0.2, -0.15) is 0 Å². The van der Waals surface area contributed by atoms with Crippen molar-refractivity contribution in [3.8, 4) is 0 Å². The molecule has 0 saturated carbocycles. The van der Waals surface area contributed by atoms with Crippen LogP contribution in [0.3, 0.4) is 0 Å². The molecule has 3 nitrogen and oxygen atoms in total. The zero-order valence-electron chi connectivity index (χ0n) is 12.9. The van der Waals surface area contributed by atoms with E-state index in [1.165, 1.54) is 22.6 Å². The molecular weight excluding hydrogens is 280 g/mol. The molecule has 21 heavy (non-hydrogen) atoms. The molecule has 0 bridgehead atoms. The lowest BCUT2D eigenvalue weighted by atomic mass is 9.97. The summed E-state index contributed by atoms with van der Waals surface area (Å²) in [6, 6.07) is 6.96. The minimum Gasteiger partial charge on any atom is -0.371 e. The number of hydrogen-bond donors (Lipinski definition) is 0. The average molecular weight is 300 g/mol. The van der Waals surface area contributed by atoms with Gasteiger partial charge in [-0.3, -0.25) is 4.79 Å². The maximum atomic E-state index is 12.1. The normalized spacial score (nSPS) is 21.9. The van der Waals surface area contributed by atoms with Crippen LogP contribution in [0.25, 0.3) is 12.7 Å². The first-order valence-corrected chi connectivity index (χ1v) is 7.95. The summed E-state index contributed by atoms with van der Waals surface area (Å²) in [6.07, 6.45) is 1.97. The van der Waals surface area contributed by atoms with Crippen LogP contribution in [0.2, 0.25) is 0 Å². The number of anilines is 1. The molecular formula is C17H20N2OS. The first kappa shape index (κ1) is 14.1. The largest absolute Gasteiger partial charge is 0.371 e. The fraction of sp³-hybridized carbons (Fsp3) is 0.353. The fourth-order valence-corrected chi connectivity index (χ4v) is 3.82. The van der Waals surface area contributed by atoms with E-state index in [1.807, 2.05) is 6.08 Å². The highest BCUT2D eigenvalue weighted by Gasteiger charge is 2.29. The molecule has 2 heterocycles. The van der Waals surface area contributed by atoms with Crippen LogP contribution >= 0.6 is 11.3 Å². The van der Waals surface area contributed by atoms with Crippen LogP contribution in [0.4, 0.5) is 5.69 Å². The Kier molecular flexibility index (Phi) is 3.29. The molecule has 3 rings (SSSR count). The topological polar surface area (TPSA) is 25.2 Å². The van der Waals surface area contributed by atoms with Crippen molar-refractivity contribution in [2.24, 2.45) is 7.05 Å². The lowest BCUT2D eigenvalue weighted by Gasteiger charge is -2.20. The molecule has 0 N–H and O–H groups in total. The molecule has 0 amide bonds. The van der Waals surface area contributed by atoms with Gasteiger partial charge in [0.2, 0.25) is 0 Å². The Balaban J connectivity index is 2.13. The summed E-state index contributed by atoms with van der Waals surface area (Å²) in [5, 5.41) is 0. The highest BCUT2D eigenvalue weighted by atomic mass is 32.1. The second-order valence-corrected chi connectivity index (χ2v) is 6.94. The standard InChI is InChI=1S/C17H20N2OS/c1-10-11(2)18(4)15-7-6-13(8-14(10)15)9-16-17(20)19(5)12(3)21-16/h6-11H,3H2,1-2,4-5H3/b16-9+. The van der Waals surface area contributed by atoms with E-state index in [9.17, 15) is 4.79 Å². The van der Waals surface area contributed by atoms with Gasteiger partial charge in [0.05, 0.1) is 9.20 Å². The van der Waals surface area contributed by atoms with E-state index in [1.54, 1.807) is 11.6 Å². The number of thiazole rings is 1. The minimum atomic E-state index is 0.0315. The molecule has 110 valence electrons. The molecule has 1 aromatic carbocycles. The number of benzene rings is 1. The second kappa shape index (κ2) is 4.88. The Morgan fingerprint density at radius 3 is 2.62 bits per heavy atom. The Labute approximate surface area is 128 Å². The van der Waals surface area contributed by atoms with Gasteiger partial charge in [-0.15, -0.1) is 11.3 Å². The maximum absolute atomic E-state index is 12.1. The van der Waals surface area contributed by atoms with Crippen LogP contribution < -0.4 is 19.7 Å². The summed E-state index contributed by atoms with van der Waals surface area (Å²) in [6.45, 7) is 8.39. The number of likely N-dealkylation sites (N-methyl/N-ethyl adjacent to an activating group) is 1. The van der Waals surface area contributed by atoms with Crippen LogP contribution in [0.5, 0.6) is 0 Å². The third-order valence-corrected chi connectivity index (χ3v) is 5.69. The summed E-state index contributed by atoms with van der Waals surface area (Å²) >= 11 is 1.44. The summed E-state index contributed by atoms with van der Waals surface area (Å²) < 4.78 is 3.13. The van der Waals surface area contributed by atoms with Gasteiger partial charge in [0.25, 0.3) is 5.56 Å². The molecule has 2 unspecified atom stereocenters. The predicted molar refractivity (Wildman–Crippen MR) is 90.6 cm³/mol. The van der Waals surface area contributed by atoms with Gasteiger partial charge in [-0.25, -0.2) is 0 Å². The highest BCUT2D eigenvalue weighted by molar-refractivity contribution is 7.07. The predicted octanol–water partition coefficient (Wildman–Crippen LogP) is 1.63. The van der Waals surface area contributed by atoms with Gasteiger partial charge in [-0.1, -0.05) is 19.6 Å². The average Bonchev–Trinajstić information content (AvgIpc) is 2.83. The van der Waals surface area contributed by atoms with Crippen molar-refractivity contribution in [2.45, 2.75) is 25.8 Å². The lowest BCUT2D eigenvalue weighted by molar-refractivity contribution is 0.626. The smallest absolute Gasteiger partial charge is 0.268 e. The Hall–Kier alpha value is -1.81. The molecule has 4 heteroatoms. The van der Waals surface area contributed by atoms with E-state index in [0.29, 0.717) is 12.0 Å². The first-order chi connectivity index (χ1) is 9.90. The number of hydrogen-bond acceptors (Lipinski definition) is 3. The van der Waals surface area contributed by atoms with Gasteiger partial charge in [0.1, 0.15) is 0 Å². The lowest BCUT2D eigenvalue weighted by Crippen LogP contribution is -2.28. The minimum absolute atomic E-state index is 0.0315. The summed E-state index contributed by atoms with van der Waals surface area (Å²) in [4.78, 5) is 14.4. The van der Waals surface area contributed by atoms with E-state index >= 15 is 0 Å². The van der Waals surface area contributed by atoms with Crippen molar-refractivity contribution >= 4 is 29.7 Å². The van der Waals surface area contributed by atoms with Gasteiger partial charge in [0.15, 0.2) is 0 Å². The Morgan fingerprint density at radius 2 is 2.00 bits per heavy atom. The van der Waals surface area contributed by atoms with Crippen molar-refractivity contribution in [3.63, 3.8) is 0 Å². The molecule has 1 aromatic heterocycles. The Morgan fingerprint density at radius 1 is 1.29 bits per heavy atom. The summed E-state index contributed by atoms with van der Waals surface area (Å²) in [5.41, 5.74) is 3.78.